The summed E-state index contributed by atoms with van der Waals surface area (Å²) >= 11 is 5.83. The van der Waals surface area contributed by atoms with Gasteiger partial charge in [0.1, 0.15) is 0 Å². The predicted molar refractivity (Wildman–Crippen MR) is 61.4 cm³/mol. The molecule has 0 aliphatic heterocycles. The molecule has 0 spiro atoms. The Morgan fingerprint density at radius 2 is 2.12 bits per heavy atom. The molecule has 0 fully saturated rings. The van der Waals surface area contributed by atoms with Gasteiger partial charge >= 0.3 is 5.97 Å². The first kappa shape index (κ1) is 13.6. The maximum atomic E-state index is 11.0. The molecule has 0 unspecified atom stereocenters. The molecule has 0 aliphatic rings. The Bertz CT molecular complexity index is 380. The highest BCUT2D eigenvalue weighted by Gasteiger charge is 2.14. The van der Waals surface area contributed by atoms with Gasteiger partial charge in [-0.3, -0.25) is 0 Å². The molecule has 5 nitrogen and oxygen atoms in total. The minimum Gasteiger partial charge on any atom is -0.493 e. The summed E-state index contributed by atoms with van der Waals surface area (Å²) in [6, 6.07) is 3.07. The van der Waals surface area contributed by atoms with Crippen LogP contribution in [0, 0.1) is 0 Å². The molecular weight excluding hydrogens is 248 g/mol. The molecule has 0 aliphatic carbocycles. The van der Waals surface area contributed by atoms with E-state index in [9.17, 15) is 9.90 Å². The Balaban J connectivity index is 2.98. The fourth-order valence-electron chi connectivity index (χ4n) is 1.25. The van der Waals surface area contributed by atoms with Crippen molar-refractivity contribution >= 4 is 17.6 Å². The van der Waals surface area contributed by atoms with E-state index in [0.29, 0.717) is 16.3 Å². The lowest BCUT2D eigenvalue weighted by atomic mass is 10.2. The van der Waals surface area contributed by atoms with Crippen molar-refractivity contribution < 1.29 is 24.1 Å². The average molecular weight is 261 g/mol. The smallest absolute Gasteiger partial charge is 0.343 e. The number of ether oxygens (including phenoxy) is 3. The summed E-state index contributed by atoms with van der Waals surface area (Å²) in [5, 5.41) is 9.59. The Morgan fingerprint density at radius 3 is 2.65 bits per heavy atom. The van der Waals surface area contributed by atoms with E-state index in [4.69, 9.17) is 21.1 Å². The number of aliphatic hydroxyl groups is 1. The third-order valence-electron chi connectivity index (χ3n) is 2.05. The summed E-state index contributed by atoms with van der Waals surface area (Å²) in [5.41, 5.74) is 0.443. The van der Waals surface area contributed by atoms with Gasteiger partial charge in [-0.2, -0.15) is 0 Å². The van der Waals surface area contributed by atoms with Crippen LogP contribution in [-0.4, -0.2) is 31.9 Å². The molecule has 0 bridgehead atoms. The maximum absolute atomic E-state index is 11.0. The van der Waals surface area contributed by atoms with E-state index >= 15 is 0 Å². The van der Waals surface area contributed by atoms with Crippen molar-refractivity contribution in [3.8, 4) is 11.5 Å². The standard InChI is InChI=1S/C11H13ClO5/c1-15-9-4-8(12)3-7(5-13)11(9)17-6-10(14)16-2/h3-4,13H,5-6H2,1-2H3. The van der Waals surface area contributed by atoms with Gasteiger partial charge in [-0.05, 0) is 6.07 Å². The number of aliphatic hydroxyl groups excluding tert-OH is 1. The number of hydrogen-bond donors (Lipinski definition) is 1. The van der Waals surface area contributed by atoms with Crippen molar-refractivity contribution in [3.63, 3.8) is 0 Å². The second-order valence-corrected chi connectivity index (χ2v) is 3.56. The SMILES string of the molecule is COC(=O)COc1c(CO)cc(Cl)cc1OC. The van der Waals surface area contributed by atoms with Crippen molar-refractivity contribution in [2.75, 3.05) is 20.8 Å². The van der Waals surface area contributed by atoms with E-state index in [1.54, 1.807) is 0 Å². The van der Waals surface area contributed by atoms with Gasteiger partial charge in [-0.1, -0.05) is 11.6 Å². The van der Waals surface area contributed by atoms with Crippen LogP contribution in [0.4, 0.5) is 0 Å². The molecule has 0 saturated heterocycles. The van der Waals surface area contributed by atoms with Gasteiger partial charge in [0, 0.05) is 16.7 Å². The number of esters is 1. The zero-order chi connectivity index (χ0) is 12.8. The Hall–Kier alpha value is -1.46. The number of rotatable bonds is 5. The zero-order valence-corrected chi connectivity index (χ0v) is 10.3. The molecule has 17 heavy (non-hydrogen) atoms. The summed E-state index contributed by atoms with van der Waals surface area (Å²) in [7, 11) is 2.70. The number of halogens is 1. The molecule has 6 heteroatoms. The predicted octanol–water partition coefficient (Wildman–Crippen LogP) is 1.39. The van der Waals surface area contributed by atoms with Crippen LogP contribution in [0.25, 0.3) is 0 Å². The Labute approximate surface area is 104 Å². The van der Waals surface area contributed by atoms with Crippen molar-refractivity contribution in [1.29, 1.82) is 0 Å². The molecule has 0 radical (unpaired) electrons. The molecule has 0 heterocycles. The van der Waals surface area contributed by atoms with Crippen LogP contribution in [-0.2, 0) is 16.1 Å². The van der Waals surface area contributed by atoms with Crippen molar-refractivity contribution in [3.05, 3.63) is 22.7 Å². The molecule has 0 saturated carbocycles. The third kappa shape index (κ3) is 3.51. The van der Waals surface area contributed by atoms with Gasteiger partial charge < -0.3 is 19.3 Å². The van der Waals surface area contributed by atoms with E-state index in [2.05, 4.69) is 4.74 Å². The summed E-state index contributed by atoms with van der Waals surface area (Å²) in [4.78, 5) is 11.0. The molecule has 1 rings (SSSR count). The summed E-state index contributed by atoms with van der Waals surface area (Å²) in [5.74, 6) is 0.112. The lowest BCUT2D eigenvalue weighted by Crippen LogP contribution is -2.14. The lowest BCUT2D eigenvalue weighted by Gasteiger charge is -2.13. The van der Waals surface area contributed by atoms with Crippen molar-refractivity contribution in [2.24, 2.45) is 0 Å². The minimum atomic E-state index is -0.522. The van der Waals surface area contributed by atoms with Gasteiger partial charge in [0.2, 0.25) is 0 Å². The third-order valence-corrected chi connectivity index (χ3v) is 2.27. The van der Waals surface area contributed by atoms with Crippen LogP contribution in [0.1, 0.15) is 5.56 Å². The van der Waals surface area contributed by atoms with E-state index < -0.39 is 5.97 Å². The van der Waals surface area contributed by atoms with Crippen LogP contribution in [0.15, 0.2) is 12.1 Å². The minimum absolute atomic E-state index is 0.262. The average Bonchev–Trinajstić information content (AvgIpc) is 2.35. The first-order chi connectivity index (χ1) is 8.12. The Morgan fingerprint density at radius 1 is 1.41 bits per heavy atom. The first-order valence-corrected chi connectivity index (χ1v) is 5.17. The molecule has 1 aromatic rings. The quantitative estimate of drug-likeness (QED) is 0.811. The fraction of sp³-hybridized carbons (Fsp3) is 0.364. The molecule has 0 aromatic heterocycles. The van der Waals surface area contributed by atoms with Crippen molar-refractivity contribution in [1.82, 2.24) is 0 Å². The number of methoxy groups -OCH3 is 2. The van der Waals surface area contributed by atoms with Gasteiger partial charge in [-0.25, -0.2) is 4.79 Å². The summed E-state index contributed by atoms with van der Waals surface area (Å²) in [6.07, 6.45) is 0. The lowest BCUT2D eigenvalue weighted by molar-refractivity contribution is -0.142. The van der Waals surface area contributed by atoms with Crippen LogP contribution in [0.3, 0.4) is 0 Å². The fourth-order valence-corrected chi connectivity index (χ4v) is 1.48. The van der Waals surface area contributed by atoms with Crippen LogP contribution < -0.4 is 9.47 Å². The van der Waals surface area contributed by atoms with Gasteiger partial charge in [0.05, 0.1) is 20.8 Å². The molecule has 94 valence electrons. The number of carbonyl (C=O) groups is 1. The van der Waals surface area contributed by atoms with Crippen LogP contribution in [0.2, 0.25) is 5.02 Å². The van der Waals surface area contributed by atoms with Crippen LogP contribution >= 0.6 is 11.6 Å². The second kappa shape index (κ2) is 6.32. The topological polar surface area (TPSA) is 65.0 Å². The van der Waals surface area contributed by atoms with E-state index in [1.807, 2.05) is 0 Å². The first-order valence-electron chi connectivity index (χ1n) is 4.79. The normalized spacial score (nSPS) is 9.88. The van der Waals surface area contributed by atoms with Crippen molar-refractivity contribution in [2.45, 2.75) is 6.61 Å². The van der Waals surface area contributed by atoms with Gasteiger partial charge in [0.25, 0.3) is 0 Å². The monoisotopic (exact) mass is 260 g/mol. The van der Waals surface area contributed by atoms with E-state index in [0.717, 1.165) is 0 Å². The maximum Gasteiger partial charge on any atom is 0.343 e. The molecule has 0 amide bonds. The summed E-state index contributed by atoms with van der Waals surface area (Å²) in [6.45, 7) is -0.533. The van der Waals surface area contributed by atoms with E-state index in [-0.39, 0.29) is 19.0 Å². The van der Waals surface area contributed by atoms with Crippen LogP contribution in [0.5, 0.6) is 11.5 Å². The van der Waals surface area contributed by atoms with E-state index in [1.165, 1.54) is 26.4 Å². The highest BCUT2D eigenvalue weighted by Crippen LogP contribution is 2.34. The molecular formula is C11H13ClO5. The highest BCUT2D eigenvalue weighted by molar-refractivity contribution is 6.30. The largest absolute Gasteiger partial charge is 0.493 e. The van der Waals surface area contributed by atoms with Gasteiger partial charge in [-0.15, -0.1) is 0 Å². The highest BCUT2D eigenvalue weighted by atomic mass is 35.5. The Kier molecular flexibility index (Phi) is 5.06. The number of benzene rings is 1. The van der Waals surface area contributed by atoms with Gasteiger partial charge in [0.15, 0.2) is 18.1 Å². The molecule has 1 N–H and O–H groups in total. The number of carbonyl (C=O) groups excluding carboxylic acids is 1. The number of hydrogen-bond acceptors (Lipinski definition) is 5. The molecule has 0 atom stereocenters. The second-order valence-electron chi connectivity index (χ2n) is 3.12. The molecule has 1 aromatic carbocycles. The summed E-state index contributed by atoms with van der Waals surface area (Å²) < 4.78 is 14.8. The zero-order valence-electron chi connectivity index (χ0n) is 9.53.